The van der Waals surface area contributed by atoms with Crippen LogP contribution >= 0.6 is 0 Å². The van der Waals surface area contributed by atoms with E-state index in [2.05, 4.69) is 4.98 Å². The number of amides is 2. The molecule has 10 heteroatoms. The molecule has 9 nitrogen and oxygen atoms in total. The minimum Gasteiger partial charge on any atom is -0.505 e. The second-order valence-electron chi connectivity index (χ2n) is 12.6. The molecule has 0 saturated carbocycles. The number of carbonyl (C=O) groups is 3. The summed E-state index contributed by atoms with van der Waals surface area (Å²) in [7, 11) is 0. The Labute approximate surface area is 278 Å². The van der Waals surface area contributed by atoms with Gasteiger partial charge in [0.1, 0.15) is 12.4 Å². The highest BCUT2D eigenvalue weighted by Crippen LogP contribution is 2.50. The van der Waals surface area contributed by atoms with Crippen molar-refractivity contribution in [2.75, 3.05) is 19.8 Å². The van der Waals surface area contributed by atoms with Crippen LogP contribution in [0.3, 0.4) is 0 Å². The number of rotatable bonds is 14. The molecule has 250 valence electrons. The number of halogens is 1. The Balaban J connectivity index is 1.24. The molecule has 4 atom stereocenters. The van der Waals surface area contributed by atoms with Crippen LogP contribution in [-0.4, -0.2) is 63.7 Å². The number of aliphatic carboxylic acids is 1. The standard InChI is InChI=1S/C38H39FN2O7/c39-30-20-24(13-15-32(30)42)19-25(31-11-6-7-17-40-31)14-16-33-35-26(22-47-27-9-3-1-4-10-27)21-28-36(29(35)23-48-33)38(46)41(37(28)45)18-8-2-5-12-34(43)44/h1,3-4,6-7,9-11,13,15,17,19-20,28-29,33,36,42H,2,5,8,12,14,16,18,21-23H2,(H,43,44)/b25-19-/t28-,29+,33-,36-/m1/s1. The maximum Gasteiger partial charge on any atom is 0.303 e. The van der Waals surface area contributed by atoms with Gasteiger partial charge in [-0.3, -0.25) is 24.3 Å². The Kier molecular flexibility index (Phi) is 10.3. The van der Waals surface area contributed by atoms with E-state index in [1.807, 2.05) is 54.6 Å². The zero-order valence-electron chi connectivity index (χ0n) is 26.6. The predicted octanol–water partition coefficient (Wildman–Crippen LogP) is 6.29. The Hall–Kier alpha value is -4.83. The summed E-state index contributed by atoms with van der Waals surface area (Å²) >= 11 is 0. The van der Waals surface area contributed by atoms with Crippen molar-refractivity contribution in [2.24, 2.45) is 17.8 Å². The van der Waals surface area contributed by atoms with E-state index in [1.54, 1.807) is 12.3 Å². The summed E-state index contributed by atoms with van der Waals surface area (Å²) in [6.45, 7) is 0.862. The number of carbonyl (C=O) groups excluding carboxylic acids is 2. The quantitative estimate of drug-likeness (QED) is 0.118. The van der Waals surface area contributed by atoms with Crippen LogP contribution in [-0.2, 0) is 19.1 Å². The van der Waals surface area contributed by atoms with Crippen LogP contribution in [0, 0.1) is 23.6 Å². The number of aromatic nitrogens is 1. The summed E-state index contributed by atoms with van der Waals surface area (Å²) in [5.41, 5.74) is 4.19. The average Bonchev–Trinajstić information content (AvgIpc) is 3.62. The molecule has 2 saturated heterocycles. The Morgan fingerprint density at radius 1 is 1.00 bits per heavy atom. The fourth-order valence-electron chi connectivity index (χ4n) is 7.23. The number of allylic oxidation sites excluding steroid dienone is 1. The van der Waals surface area contributed by atoms with E-state index in [0.29, 0.717) is 56.4 Å². The van der Waals surface area contributed by atoms with Crippen molar-refractivity contribution in [1.29, 1.82) is 0 Å². The van der Waals surface area contributed by atoms with Crippen molar-refractivity contribution in [1.82, 2.24) is 9.88 Å². The first-order chi connectivity index (χ1) is 23.3. The van der Waals surface area contributed by atoms with E-state index < -0.39 is 29.4 Å². The van der Waals surface area contributed by atoms with Gasteiger partial charge in [-0.15, -0.1) is 0 Å². The number of phenolic OH excluding ortho intramolecular Hbond substituents is 1. The number of hydrogen-bond acceptors (Lipinski definition) is 7. The number of phenols is 1. The zero-order valence-corrected chi connectivity index (χ0v) is 26.6. The summed E-state index contributed by atoms with van der Waals surface area (Å²) in [4.78, 5) is 44.2. The number of nitrogens with zero attached hydrogens (tertiary/aromatic N) is 2. The minimum absolute atomic E-state index is 0.0645. The van der Waals surface area contributed by atoms with Crippen molar-refractivity contribution in [3.8, 4) is 11.5 Å². The molecule has 48 heavy (non-hydrogen) atoms. The third kappa shape index (κ3) is 7.33. The summed E-state index contributed by atoms with van der Waals surface area (Å²) in [5, 5.41) is 18.6. The first-order valence-corrected chi connectivity index (χ1v) is 16.5. The first-order valence-electron chi connectivity index (χ1n) is 16.5. The molecule has 2 aromatic carbocycles. The molecule has 0 spiro atoms. The van der Waals surface area contributed by atoms with Gasteiger partial charge in [0, 0.05) is 25.1 Å². The lowest BCUT2D eigenvalue weighted by atomic mass is 9.69. The molecule has 3 aromatic rings. The number of carboxylic acid groups (broad SMARTS) is 1. The number of aromatic hydroxyl groups is 1. The molecule has 2 amide bonds. The summed E-state index contributed by atoms with van der Waals surface area (Å²) < 4.78 is 26.8. The molecule has 0 bridgehead atoms. The van der Waals surface area contributed by atoms with Crippen molar-refractivity contribution < 1.29 is 38.5 Å². The Bertz CT molecular complexity index is 1710. The second kappa shape index (κ2) is 14.9. The molecule has 1 aromatic heterocycles. The van der Waals surface area contributed by atoms with Gasteiger partial charge in [-0.25, -0.2) is 4.39 Å². The summed E-state index contributed by atoms with van der Waals surface area (Å²) in [5.74, 6) is -2.89. The van der Waals surface area contributed by atoms with Gasteiger partial charge < -0.3 is 19.7 Å². The van der Waals surface area contributed by atoms with Gasteiger partial charge in [0.2, 0.25) is 11.8 Å². The van der Waals surface area contributed by atoms with Gasteiger partial charge in [-0.05, 0) is 96.9 Å². The summed E-state index contributed by atoms with van der Waals surface area (Å²) in [6.07, 6.45) is 6.49. The number of likely N-dealkylation sites (tertiary alicyclic amines) is 1. The van der Waals surface area contributed by atoms with E-state index >= 15 is 0 Å². The lowest BCUT2D eigenvalue weighted by Crippen LogP contribution is -2.35. The van der Waals surface area contributed by atoms with Crippen molar-refractivity contribution in [3.63, 3.8) is 0 Å². The fraction of sp³-hybridized carbons (Fsp3) is 0.368. The third-order valence-corrected chi connectivity index (χ3v) is 9.51. The number of hydrogen-bond donors (Lipinski definition) is 2. The maximum absolute atomic E-state index is 14.2. The lowest BCUT2D eigenvalue weighted by Gasteiger charge is -2.31. The molecule has 2 fully saturated rings. The van der Waals surface area contributed by atoms with Crippen LogP contribution in [0.1, 0.15) is 56.2 Å². The number of pyridine rings is 1. The third-order valence-electron chi connectivity index (χ3n) is 9.51. The number of fused-ring (bicyclic) bond motifs is 3. The van der Waals surface area contributed by atoms with Gasteiger partial charge in [-0.2, -0.15) is 0 Å². The monoisotopic (exact) mass is 654 g/mol. The molecular formula is C38H39FN2O7. The molecule has 2 aliphatic heterocycles. The molecule has 0 unspecified atom stereocenters. The smallest absolute Gasteiger partial charge is 0.303 e. The van der Waals surface area contributed by atoms with Crippen molar-refractivity contribution in [3.05, 3.63) is 101 Å². The van der Waals surface area contributed by atoms with Gasteiger partial charge in [0.25, 0.3) is 0 Å². The molecule has 3 heterocycles. The van der Waals surface area contributed by atoms with E-state index in [4.69, 9.17) is 14.6 Å². The van der Waals surface area contributed by atoms with Gasteiger partial charge in [0.15, 0.2) is 11.6 Å². The number of para-hydroxylation sites is 1. The highest BCUT2D eigenvalue weighted by Gasteiger charge is 2.56. The number of ether oxygens (including phenoxy) is 2. The lowest BCUT2D eigenvalue weighted by molar-refractivity contribution is -0.141. The molecule has 2 N–H and O–H groups in total. The number of carboxylic acids is 1. The SMILES string of the molecule is O=C(O)CCCCCN1C(=O)[C@@H]2[C@@H](CC(COc3ccccc3)=C3[C@@H](CC/C(=C/c4ccc(O)c(F)c4)c4ccccn4)OC[C@@H]32)C1=O. The maximum atomic E-state index is 14.2. The second-order valence-corrected chi connectivity index (χ2v) is 12.6. The van der Waals surface area contributed by atoms with Crippen LogP contribution < -0.4 is 4.74 Å². The van der Waals surface area contributed by atoms with Crippen LogP contribution in [0.5, 0.6) is 11.5 Å². The van der Waals surface area contributed by atoms with E-state index in [9.17, 15) is 23.9 Å². The number of benzene rings is 2. The van der Waals surface area contributed by atoms with Crippen molar-refractivity contribution in [2.45, 2.75) is 51.0 Å². The number of unbranched alkanes of at least 4 members (excludes halogenated alkanes) is 2. The highest BCUT2D eigenvalue weighted by molar-refractivity contribution is 6.06. The molecule has 3 aliphatic rings. The fourth-order valence-corrected chi connectivity index (χ4v) is 7.23. The minimum atomic E-state index is -0.856. The Morgan fingerprint density at radius 3 is 2.56 bits per heavy atom. The zero-order chi connectivity index (χ0) is 33.6. The summed E-state index contributed by atoms with van der Waals surface area (Å²) in [6, 6.07) is 19.3. The van der Waals surface area contributed by atoms with Crippen LogP contribution in [0.2, 0.25) is 0 Å². The highest BCUT2D eigenvalue weighted by atomic mass is 19.1. The van der Waals surface area contributed by atoms with E-state index in [0.717, 1.165) is 22.4 Å². The largest absolute Gasteiger partial charge is 0.505 e. The topological polar surface area (TPSA) is 126 Å². The predicted molar refractivity (Wildman–Crippen MR) is 176 cm³/mol. The average molecular weight is 655 g/mol. The number of imide groups is 1. The molecular weight excluding hydrogens is 615 g/mol. The van der Waals surface area contributed by atoms with E-state index in [-0.39, 0.29) is 43.4 Å². The van der Waals surface area contributed by atoms with Gasteiger partial charge in [0.05, 0.1) is 30.2 Å². The van der Waals surface area contributed by atoms with Crippen molar-refractivity contribution >= 4 is 29.4 Å². The van der Waals surface area contributed by atoms with Gasteiger partial charge >= 0.3 is 5.97 Å². The first kappa shape index (κ1) is 33.1. The Morgan fingerprint density at radius 2 is 1.81 bits per heavy atom. The molecule has 1 aliphatic carbocycles. The normalized spacial score (nSPS) is 22.2. The molecule has 6 rings (SSSR count). The van der Waals surface area contributed by atoms with Gasteiger partial charge in [-0.1, -0.05) is 36.8 Å². The van der Waals surface area contributed by atoms with Crippen LogP contribution in [0.4, 0.5) is 4.39 Å². The van der Waals surface area contributed by atoms with Crippen LogP contribution in [0.15, 0.2) is 84.1 Å². The van der Waals surface area contributed by atoms with Crippen LogP contribution in [0.25, 0.3) is 11.6 Å². The van der Waals surface area contributed by atoms with E-state index in [1.165, 1.54) is 17.0 Å². The molecule has 0 radical (unpaired) electrons.